The molecule has 2 N–H and O–H groups in total. The Bertz CT molecular complexity index is 336. The van der Waals surface area contributed by atoms with Crippen LogP contribution < -0.4 is 5.32 Å². The van der Waals surface area contributed by atoms with Crippen LogP contribution >= 0.6 is 0 Å². The summed E-state index contributed by atoms with van der Waals surface area (Å²) in [4.78, 5) is 0. The molecule has 0 aliphatic heterocycles. The largest absolute Gasteiger partial charge is 0.394 e. The van der Waals surface area contributed by atoms with Gasteiger partial charge < -0.3 is 10.4 Å². The van der Waals surface area contributed by atoms with Gasteiger partial charge in [-0.2, -0.15) is 0 Å². The topological polar surface area (TPSA) is 32.3 Å². The highest BCUT2D eigenvalue weighted by Gasteiger charge is 2.14. The second-order valence-electron chi connectivity index (χ2n) is 5.03. The van der Waals surface area contributed by atoms with E-state index in [0.717, 1.165) is 18.4 Å². The lowest BCUT2D eigenvalue weighted by molar-refractivity contribution is 0.229. The van der Waals surface area contributed by atoms with Gasteiger partial charge in [-0.05, 0) is 18.4 Å². The number of rotatable bonds is 10. The minimum atomic E-state index is 0.0211. The van der Waals surface area contributed by atoms with Crippen molar-refractivity contribution in [2.45, 2.75) is 51.1 Å². The van der Waals surface area contributed by atoms with E-state index in [2.05, 4.69) is 31.0 Å². The monoisotopic (exact) mass is 261 g/mol. The van der Waals surface area contributed by atoms with Crippen molar-refractivity contribution in [1.29, 1.82) is 0 Å². The lowest BCUT2D eigenvalue weighted by atomic mass is 10.0. The zero-order valence-electron chi connectivity index (χ0n) is 12.0. The van der Waals surface area contributed by atoms with Gasteiger partial charge in [0.05, 0.1) is 12.6 Å². The molecule has 0 bridgehead atoms. The Balaban J connectivity index is 2.56. The molecule has 0 unspecified atom stereocenters. The summed E-state index contributed by atoms with van der Waals surface area (Å²) in [5, 5.41) is 13.1. The molecule has 0 heterocycles. The third kappa shape index (κ3) is 6.04. The van der Waals surface area contributed by atoms with E-state index in [9.17, 15) is 5.11 Å². The molecule has 0 aliphatic carbocycles. The highest BCUT2D eigenvalue weighted by Crippen LogP contribution is 2.16. The van der Waals surface area contributed by atoms with E-state index in [1.807, 2.05) is 24.3 Å². The summed E-state index contributed by atoms with van der Waals surface area (Å²) in [5.41, 5.74) is 1.15. The van der Waals surface area contributed by atoms with Gasteiger partial charge in [-0.15, -0.1) is 6.58 Å². The molecule has 106 valence electrons. The number of aliphatic hydroxyl groups is 1. The van der Waals surface area contributed by atoms with Crippen molar-refractivity contribution < 1.29 is 5.11 Å². The third-order valence-corrected chi connectivity index (χ3v) is 3.43. The predicted octanol–water partition coefficient (Wildman–Crippen LogP) is 3.83. The normalized spacial score (nSPS) is 14.0. The fraction of sp³-hybridized carbons (Fsp3) is 0.529. The molecule has 0 aromatic heterocycles. The average Bonchev–Trinajstić information content (AvgIpc) is 2.45. The third-order valence-electron chi connectivity index (χ3n) is 3.43. The summed E-state index contributed by atoms with van der Waals surface area (Å²) in [6, 6.07) is 10.6. The van der Waals surface area contributed by atoms with Crippen LogP contribution in [0.1, 0.15) is 50.6 Å². The van der Waals surface area contributed by atoms with Gasteiger partial charge in [0.15, 0.2) is 0 Å². The van der Waals surface area contributed by atoms with Gasteiger partial charge in [0.2, 0.25) is 0 Å². The summed E-state index contributed by atoms with van der Waals surface area (Å²) >= 11 is 0. The van der Waals surface area contributed by atoms with Crippen molar-refractivity contribution in [3.8, 4) is 0 Å². The molecule has 0 spiro atoms. The molecular weight excluding hydrogens is 234 g/mol. The van der Waals surface area contributed by atoms with Crippen molar-refractivity contribution in [3.05, 3.63) is 48.6 Å². The lowest BCUT2D eigenvalue weighted by Crippen LogP contribution is -2.34. The number of aliphatic hydroxyl groups excluding tert-OH is 1. The molecule has 0 aliphatic rings. The SMILES string of the molecule is C=CC[C@@H](CCCCC)N[C@@H](CO)c1ccccc1. The van der Waals surface area contributed by atoms with Gasteiger partial charge in [-0.1, -0.05) is 62.6 Å². The van der Waals surface area contributed by atoms with Crippen LogP contribution in [0.2, 0.25) is 0 Å². The van der Waals surface area contributed by atoms with Gasteiger partial charge in [0.25, 0.3) is 0 Å². The zero-order chi connectivity index (χ0) is 13.9. The fourth-order valence-corrected chi connectivity index (χ4v) is 2.34. The molecule has 1 aromatic carbocycles. The lowest BCUT2D eigenvalue weighted by Gasteiger charge is -2.24. The van der Waals surface area contributed by atoms with Gasteiger partial charge in [0.1, 0.15) is 0 Å². The van der Waals surface area contributed by atoms with Crippen LogP contribution in [0.5, 0.6) is 0 Å². The summed E-state index contributed by atoms with van der Waals surface area (Å²) in [5.74, 6) is 0. The molecular formula is C17H27NO. The molecule has 0 radical (unpaired) electrons. The van der Waals surface area contributed by atoms with E-state index < -0.39 is 0 Å². The van der Waals surface area contributed by atoms with E-state index in [4.69, 9.17) is 0 Å². The first-order valence-corrected chi connectivity index (χ1v) is 7.34. The van der Waals surface area contributed by atoms with Crippen molar-refractivity contribution in [3.63, 3.8) is 0 Å². The first-order chi connectivity index (χ1) is 9.31. The van der Waals surface area contributed by atoms with Crippen molar-refractivity contribution in [2.75, 3.05) is 6.61 Å². The van der Waals surface area contributed by atoms with Crippen LogP contribution in [0.15, 0.2) is 43.0 Å². The Morgan fingerprint density at radius 1 is 1.26 bits per heavy atom. The molecule has 0 fully saturated rings. The number of benzene rings is 1. The van der Waals surface area contributed by atoms with Gasteiger partial charge in [-0.25, -0.2) is 0 Å². The molecule has 19 heavy (non-hydrogen) atoms. The summed E-state index contributed by atoms with van der Waals surface area (Å²) in [7, 11) is 0. The smallest absolute Gasteiger partial charge is 0.0626 e. The second kappa shape index (κ2) is 9.76. The first kappa shape index (κ1) is 15.9. The number of nitrogens with one attached hydrogen (secondary N) is 1. The Kier molecular flexibility index (Phi) is 8.19. The molecule has 2 atom stereocenters. The Hall–Kier alpha value is -1.12. The van der Waals surface area contributed by atoms with Crippen LogP contribution in [0, 0.1) is 0 Å². The minimum absolute atomic E-state index is 0.0211. The quantitative estimate of drug-likeness (QED) is 0.495. The standard InChI is InChI=1S/C17H27NO/c1-3-5-7-13-16(10-4-2)18-17(14-19)15-11-8-6-9-12-15/h4,6,8-9,11-12,16-19H,2-3,5,7,10,13-14H2,1H3/t16-,17-/m0/s1. The molecule has 1 aromatic rings. The van der Waals surface area contributed by atoms with Crippen LogP contribution in [0.3, 0.4) is 0 Å². The number of unbranched alkanes of at least 4 members (excludes halogenated alkanes) is 2. The Morgan fingerprint density at radius 2 is 2.00 bits per heavy atom. The van der Waals surface area contributed by atoms with Crippen LogP contribution in [-0.2, 0) is 0 Å². The first-order valence-electron chi connectivity index (χ1n) is 7.34. The predicted molar refractivity (Wildman–Crippen MR) is 82.1 cm³/mol. The van der Waals surface area contributed by atoms with Crippen molar-refractivity contribution >= 4 is 0 Å². The number of hydrogen-bond acceptors (Lipinski definition) is 2. The van der Waals surface area contributed by atoms with E-state index in [1.54, 1.807) is 0 Å². The van der Waals surface area contributed by atoms with Crippen molar-refractivity contribution in [1.82, 2.24) is 5.32 Å². The van der Waals surface area contributed by atoms with E-state index >= 15 is 0 Å². The molecule has 1 rings (SSSR count). The van der Waals surface area contributed by atoms with Crippen molar-refractivity contribution in [2.24, 2.45) is 0 Å². The molecule has 2 heteroatoms. The Labute approximate surface area is 117 Å². The van der Waals surface area contributed by atoms with Crippen LogP contribution in [0.25, 0.3) is 0 Å². The highest BCUT2D eigenvalue weighted by molar-refractivity contribution is 5.19. The maximum absolute atomic E-state index is 9.58. The highest BCUT2D eigenvalue weighted by atomic mass is 16.3. The summed E-state index contributed by atoms with van der Waals surface area (Å²) in [6.07, 6.45) is 7.79. The maximum atomic E-state index is 9.58. The number of hydrogen-bond donors (Lipinski definition) is 2. The average molecular weight is 261 g/mol. The fourth-order valence-electron chi connectivity index (χ4n) is 2.34. The van der Waals surface area contributed by atoms with E-state index in [-0.39, 0.29) is 12.6 Å². The van der Waals surface area contributed by atoms with E-state index in [1.165, 1.54) is 19.3 Å². The minimum Gasteiger partial charge on any atom is -0.394 e. The maximum Gasteiger partial charge on any atom is 0.0626 e. The Morgan fingerprint density at radius 3 is 2.58 bits per heavy atom. The summed E-state index contributed by atoms with van der Waals surface area (Å²) in [6.45, 7) is 6.18. The summed E-state index contributed by atoms with van der Waals surface area (Å²) < 4.78 is 0. The van der Waals surface area contributed by atoms with Gasteiger partial charge >= 0.3 is 0 Å². The van der Waals surface area contributed by atoms with Crippen LogP contribution in [-0.4, -0.2) is 17.8 Å². The molecule has 0 amide bonds. The molecule has 0 saturated heterocycles. The van der Waals surface area contributed by atoms with E-state index in [0.29, 0.717) is 6.04 Å². The van der Waals surface area contributed by atoms with Gasteiger partial charge in [0, 0.05) is 6.04 Å². The van der Waals surface area contributed by atoms with Crippen LogP contribution in [0.4, 0.5) is 0 Å². The second-order valence-corrected chi connectivity index (χ2v) is 5.03. The zero-order valence-corrected chi connectivity index (χ0v) is 12.0. The molecule has 0 saturated carbocycles. The molecule has 2 nitrogen and oxygen atoms in total. The van der Waals surface area contributed by atoms with Gasteiger partial charge in [-0.3, -0.25) is 0 Å².